The first-order chi connectivity index (χ1) is 8.53. The number of nitrogens with zero attached hydrogens (tertiary/aromatic N) is 1. The highest BCUT2D eigenvalue weighted by atomic mass is 15.2. The van der Waals surface area contributed by atoms with Gasteiger partial charge in [0.05, 0.1) is 0 Å². The van der Waals surface area contributed by atoms with Gasteiger partial charge in [-0.15, -0.1) is 0 Å². The van der Waals surface area contributed by atoms with Crippen LogP contribution in [-0.4, -0.2) is 36.1 Å². The summed E-state index contributed by atoms with van der Waals surface area (Å²) in [7, 11) is 0. The van der Waals surface area contributed by atoms with Gasteiger partial charge in [0.1, 0.15) is 0 Å². The molecule has 2 saturated carbocycles. The molecule has 1 aliphatic heterocycles. The molecule has 1 saturated heterocycles. The van der Waals surface area contributed by atoms with Gasteiger partial charge in [-0.05, 0) is 49.9 Å². The summed E-state index contributed by atoms with van der Waals surface area (Å²) >= 11 is 0. The molecule has 1 N–H and O–H groups in total. The van der Waals surface area contributed by atoms with Crippen LogP contribution >= 0.6 is 0 Å². The van der Waals surface area contributed by atoms with Crippen molar-refractivity contribution in [2.75, 3.05) is 13.1 Å². The minimum absolute atomic E-state index is 0.577. The lowest BCUT2D eigenvalue weighted by Crippen LogP contribution is -2.47. The van der Waals surface area contributed by atoms with Gasteiger partial charge in [0.15, 0.2) is 0 Å². The van der Waals surface area contributed by atoms with Gasteiger partial charge in [-0.3, -0.25) is 4.90 Å². The van der Waals surface area contributed by atoms with Crippen LogP contribution in [0.25, 0.3) is 0 Å². The Hall–Kier alpha value is -0.0800. The molecule has 0 spiro atoms. The second kappa shape index (κ2) is 4.79. The average molecular weight is 250 g/mol. The summed E-state index contributed by atoms with van der Waals surface area (Å²) in [6.45, 7) is 9.98. The van der Waals surface area contributed by atoms with Crippen LogP contribution in [0.5, 0.6) is 0 Å². The summed E-state index contributed by atoms with van der Waals surface area (Å²) in [6, 6.07) is 2.51. The van der Waals surface area contributed by atoms with Crippen LogP contribution in [0.1, 0.15) is 59.3 Å². The van der Waals surface area contributed by atoms with Crippen LogP contribution in [0.3, 0.4) is 0 Å². The molecule has 3 unspecified atom stereocenters. The maximum Gasteiger partial charge on any atom is 0.0210 e. The van der Waals surface area contributed by atoms with Crippen LogP contribution in [0.4, 0.5) is 0 Å². The fraction of sp³-hybridized carbons (Fsp3) is 1.00. The van der Waals surface area contributed by atoms with Gasteiger partial charge >= 0.3 is 0 Å². The fourth-order valence-electron chi connectivity index (χ4n) is 4.19. The summed E-state index contributed by atoms with van der Waals surface area (Å²) in [5, 5.41) is 3.98. The first-order valence-corrected chi connectivity index (χ1v) is 8.04. The second-order valence-electron chi connectivity index (χ2n) is 7.87. The van der Waals surface area contributed by atoms with Crippen LogP contribution < -0.4 is 5.32 Å². The zero-order chi connectivity index (χ0) is 12.8. The number of rotatable bonds is 3. The minimum atomic E-state index is 0.577. The van der Waals surface area contributed by atoms with Gasteiger partial charge in [0, 0.05) is 31.2 Å². The summed E-state index contributed by atoms with van der Waals surface area (Å²) in [6.07, 6.45) is 8.47. The molecule has 0 radical (unpaired) electrons. The zero-order valence-electron chi connectivity index (χ0n) is 12.4. The van der Waals surface area contributed by atoms with Gasteiger partial charge < -0.3 is 5.32 Å². The third-order valence-electron chi connectivity index (χ3n) is 5.43. The van der Waals surface area contributed by atoms with E-state index in [9.17, 15) is 0 Å². The van der Waals surface area contributed by atoms with Crippen molar-refractivity contribution in [2.24, 2.45) is 11.3 Å². The maximum atomic E-state index is 3.98. The smallest absolute Gasteiger partial charge is 0.0210 e. The van der Waals surface area contributed by atoms with Crippen molar-refractivity contribution in [3.05, 3.63) is 0 Å². The monoisotopic (exact) mass is 250 g/mol. The van der Waals surface area contributed by atoms with E-state index in [0.717, 1.165) is 24.0 Å². The lowest BCUT2D eigenvalue weighted by molar-refractivity contribution is 0.141. The Bertz CT molecular complexity index is 295. The highest BCUT2D eigenvalue weighted by Gasteiger charge is 2.37. The molecule has 3 rings (SSSR count). The Kier molecular flexibility index (Phi) is 3.44. The average Bonchev–Trinajstić information content (AvgIpc) is 3.03. The number of hydrogen-bond acceptors (Lipinski definition) is 2. The summed E-state index contributed by atoms with van der Waals surface area (Å²) in [4.78, 5) is 2.72. The molecule has 2 nitrogen and oxygen atoms in total. The van der Waals surface area contributed by atoms with E-state index < -0.39 is 0 Å². The first-order valence-electron chi connectivity index (χ1n) is 8.04. The van der Waals surface area contributed by atoms with E-state index in [1.807, 2.05) is 0 Å². The van der Waals surface area contributed by atoms with E-state index in [-0.39, 0.29) is 0 Å². The Labute approximate surface area is 113 Å². The van der Waals surface area contributed by atoms with Gasteiger partial charge in [0.2, 0.25) is 0 Å². The molecule has 2 aliphatic carbocycles. The first kappa shape index (κ1) is 12.9. The predicted octanol–water partition coefficient (Wildman–Crippen LogP) is 3.03. The standard InChI is InChI=1S/C16H30N2/c1-12-10-16(2,3)8-6-15(12)17-13-7-9-18(11-13)14-4-5-14/h12-15,17H,4-11H2,1-3H3. The fourth-order valence-corrected chi connectivity index (χ4v) is 4.19. The number of nitrogens with one attached hydrogen (secondary N) is 1. The Balaban J connectivity index is 1.48. The topological polar surface area (TPSA) is 15.3 Å². The van der Waals surface area contributed by atoms with Crippen molar-refractivity contribution >= 4 is 0 Å². The van der Waals surface area contributed by atoms with Crippen molar-refractivity contribution < 1.29 is 0 Å². The number of likely N-dealkylation sites (tertiary alicyclic amines) is 1. The van der Waals surface area contributed by atoms with Crippen LogP contribution in [0, 0.1) is 11.3 Å². The lowest BCUT2D eigenvalue weighted by Gasteiger charge is -2.40. The molecule has 3 fully saturated rings. The molecular weight excluding hydrogens is 220 g/mol. The quantitative estimate of drug-likeness (QED) is 0.828. The molecule has 1 heterocycles. The predicted molar refractivity (Wildman–Crippen MR) is 76.7 cm³/mol. The molecule has 3 aliphatic rings. The molecule has 18 heavy (non-hydrogen) atoms. The van der Waals surface area contributed by atoms with Crippen molar-refractivity contribution in [3.8, 4) is 0 Å². The van der Waals surface area contributed by atoms with E-state index in [0.29, 0.717) is 5.41 Å². The van der Waals surface area contributed by atoms with Crippen molar-refractivity contribution in [3.63, 3.8) is 0 Å². The van der Waals surface area contributed by atoms with Crippen LogP contribution in [-0.2, 0) is 0 Å². The lowest BCUT2D eigenvalue weighted by atomic mass is 9.70. The van der Waals surface area contributed by atoms with E-state index >= 15 is 0 Å². The number of hydrogen-bond donors (Lipinski definition) is 1. The molecule has 0 aromatic heterocycles. The maximum absolute atomic E-state index is 3.98. The summed E-state index contributed by atoms with van der Waals surface area (Å²) in [5.74, 6) is 0.851. The molecule has 104 valence electrons. The molecule has 0 amide bonds. The second-order valence-corrected chi connectivity index (χ2v) is 7.87. The Morgan fingerprint density at radius 2 is 1.89 bits per heavy atom. The summed E-state index contributed by atoms with van der Waals surface area (Å²) in [5.41, 5.74) is 0.577. The van der Waals surface area contributed by atoms with Crippen molar-refractivity contribution in [2.45, 2.75) is 77.4 Å². The van der Waals surface area contributed by atoms with E-state index in [1.165, 1.54) is 51.6 Å². The van der Waals surface area contributed by atoms with Crippen molar-refractivity contribution in [1.29, 1.82) is 0 Å². The van der Waals surface area contributed by atoms with Gasteiger partial charge in [-0.25, -0.2) is 0 Å². The van der Waals surface area contributed by atoms with Crippen molar-refractivity contribution in [1.82, 2.24) is 10.2 Å². The Morgan fingerprint density at radius 3 is 2.56 bits per heavy atom. The van der Waals surface area contributed by atoms with E-state index in [2.05, 4.69) is 31.0 Å². The molecule has 0 bridgehead atoms. The van der Waals surface area contributed by atoms with Gasteiger partial charge in [0.25, 0.3) is 0 Å². The van der Waals surface area contributed by atoms with E-state index in [1.54, 1.807) is 0 Å². The zero-order valence-corrected chi connectivity index (χ0v) is 12.4. The van der Waals surface area contributed by atoms with Gasteiger partial charge in [-0.2, -0.15) is 0 Å². The highest BCUT2D eigenvalue weighted by Crippen LogP contribution is 2.39. The third kappa shape index (κ3) is 2.91. The van der Waals surface area contributed by atoms with Crippen LogP contribution in [0.2, 0.25) is 0 Å². The summed E-state index contributed by atoms with van der Waals surface area (Å²) < 4.78 is 0. The van der Waals surface area contributed by atoms with E-state index in [4.69, 9.17) is 0 Å². The minimum Gasteiger partial charge on any atom is -0.310 e. The highest BCUT2D eigenvalue weighted by molar-refractivity contribution is 4.95. The molecule has 3 atom stereocenters. The molecule has 0 aromatic rings. The Morgan fingerprint density at radius 1 is 1.11 bits per heavy atom. The molecule has 2 heteroatoms. The molecule has 0 aromatic carbocycles. The third-order valence-corrected chi connectivity index (χ3v) is 5.43. The SMILES string of the molecule is CC1CC(C)(C)CCC1NC1CCN(C2CC2)C1. The molecular formula is C16H30N2. The normalized spacial score (nSPS) is 41.2. The van der Waals surface area contributed by atoms with Gasteiger partial charge in [-0.1, -0.05) is 20.8 Å². The largest absolute Gasteiger partial charge is 0.310 e. The van der Waals surface area contributed by atoms with Crippen LogP contribution in [0.15, 0.2) is 0 Å².